The highest BCUT2D eigenvalue weighted by atomic mass is 16.5. The van der Waals surface area contributed by atoms with Crippen LogP contribution in [0.3, 0.4) is 0 Å². The molecule has 0 saturated carbocycles. The number of aromatic nitrogens is 2. The molecule has 1 N–H and O–H groups in total. The van der Waals surface area contributed by atoms with Gasteiger partial charge in [0.15, 0.2) is 0 Å². The Morgan fingerprint density at radius 1 is 1.16 bits per heavy atom. The third-order valence-electron chi connectivity index (χ3n) is 3.86. The van der Waals surface area contributed by atoms with Crippen molar-refractivity contribution < 1.29 is 9.53 Å². The largest absolute Gasteiger partial charge is 0.383 e. The van der Waals surface area contributed by atoms with E-state index in [1.54, 1.807) is 7.11 Å². The predicted octanol–water partition coefficient (Wildman–Crippen LogP) is 1.99. The van der Waals surface area contributed by atoms with Gasteiger partial charge in [0.05, 0.1) is 13.2 Å². The van der Waals surface area contributed by atoms with E-state index in [4.69, 9.17) is 4.74 Å². The maximum absolute atomic E-state index is 12.4. The van der Waals surface area contributed by atoms with Crippen LogP contribution < -0.4 is 15.8 Å². The average Bonchev–Trinajstić information content (AvgIpc) is 2.63. The monoisotopic (exact) mass is 344 g/mol. The zero-order valence-corrected chi connectivity index (χ0v) is 14.9. The number of anilines is 2. The molecule has 0 aliphatic heterocycles. The lowest BCUT2D eigenvalue weighted by molar-refractivity contribution is 0.101. The molecule has 1 amide bonds. The lowest BCUT2D eigenvalue weighted by Gasteiger charge is -2.21. The van der Waals surface area contributed by atoms with Crippen molar-refractivity contribution >= 4 is 17.3 Å². The van der Waals surface area contributed by atoms with Crippen molar-refractivity contribution in [1.82, 2.24) is 9.78 Å². The third-order valence-corrected chi connectivity index (χ3v) is 3.86. The van der Waals surface area contributed by atoms with E-state index in [9.17, 15) is 9.59 Å². The Labute approximate surface area is 147 Å². The van der Waals surface area contributed by atoms with Crippen LogP contribution in [0.25, 0.3) is 0 Å². The number of amides is 1. The summed E-state index contributed by atoms with van der Waals surface area (Å²) in [5.74, 6) is -0.359. The molecule has 134 valence electrons. The molecule has 0 radical (unpaired) electrons. The molecule has 0 atom stereocenters. The van der Waals surface area contributed by atoms with Gasteiger partial charge in [-0.25, -0.2) is 4.68 Å². The molecule has 25 heavy (non-hydrogen) atoms. The SMILES string of the molecule is CCN(CC)c1ccc(NC(=O)c2ccc(=O)n(CCOC)n2)cc1. The van der Waals surface area contributed by atoms with E-state index < -0.39 is 0 Å². The Bertz CT molecular complexity index is 752. The van der Waals surface area contributed by atoms with Crippen LogP contribution in [0.15, 0.2) is 41.2 Å². The first kappa shape index (κ1) is 18.7. The van der Waals surface area contributed by atoms with Crippen LogP contribution in [0, 0.1) is 0 Å². The summed E-state index contributed by atoms with van der Waals surface area (Å²) >= 11 is 0. The summed E-state index contributed by atoms with van der Waals surface area (Å²) < 4.78 is 6.17. The van der Waals surface area contributed by atoms with E-state index in [0.717, 1.165) is 18.8 Å². The summed E-state index contributed by atoms with van der Waals surface area (Å²) in [5.41, 5.74) is 1.70. The van der Waals surface area contributed by atoms with E-state index in [1.165, 1.54) is 16.8 Å². The zero-order valence-electron chi connectivity index (χ0n) is 14.9. The van der Waals surface area contributed by atoms with Crippen LogP contribution in [-0.4, -0.2) is 42.5 Å². The minimum absolute atomic E-state index is 0.184. The molecule has 0 aliphatic carbocycles. The molecule has 7 nitrogen and oxygen atoms in total. The van der Waals surface area contributed by atoms with Crippen molar-refractivity contribution in [3.8, 4) is 0 Å². The number of nitrogens with one attached hydrogen (secondary N) is 1. The molecule has 2 aromatic rings. The second-order valence-corrected chi connectivity index (χ2v) is 5.45. The summed E-state index contributed by atoms with van der Waals surface area (Å²) in [6.07, 6.45) is 0. The van der Waals surface area contributed by atoms with Gasteiger partial charge in [-0.1, -0.05) is 0 Å². The van der Waals surface area contributed by atoms with Crippen LogP contribution >= 0.6 is 0 Å². The number of hydrogen-bond acceptors (Lipinski definition) is 5. The number of methoxy groups -OCH3 is 1. The maximum atomic E-state index is 12.4. The zero-order chi connectivity index (χ0) is 18.2. The lowest BCUT2D eigenvalue weighted by Crippen LogP contribution is -2.27. The number of nitrogens with zero attached hydrogens (tertiary/aromatic N) is 3. The Balaban J connectivity index is 2.10. The van der Waals surface area contributed by atoms with Gasteiger partial charge in [-0.15, -0.1) is 0 Å². The Morgan fingerprint density at radius 3 is 2.44 bits per heavy atom. The number of hydrogen-bond donors (Lipinski definition) is 1. The number of carbonyl (C=O) groups excluding carboxylic acids is 1. The van der Waals surface area contributed by atoms with E-state index in [-0.39, 0.29) is 17.2 Å². The highest BCUT2D eigenvalue weighted by Gasteiger charge is 2.10. The van der Waals surface area contributed by atoms with Crippen molar-refractivity contribution in [3.05, 3.63) is 52.4 Å². The van der Waals surface area contributed by atoms with E-state index in [2.05, 4.69) is 29.2 Å². The first-order chi connectivity index (χ1) is 12.1. The van der Waals surface area contributed by atoms with Crippen LogP contribution in [-0.2, 0) is 11.3 Å². The summed E-state index contributed by atoms with van der Waals surface area (Å²) in [6, 6.07) is 10.4. The van der Waals surface area contributed by atoms with Crippen molar-refractivity contribution in [3.63, 3.8) is 0 Å². The molecule has 0 unspecified atom stereocenters. The van der Waals surface area contributed by atoms with Crippen molar-refractivity contribution in [2.75, 3.05) is 37.0 Å². The van der Waals surface area contributed by atoms with Gasteiger partial charge in [-0.2, -0.15) is 5.10 Å². The molecule has 1 heterocycles. The normalized spacial score (nSPS) is 10.5. The standard InChI is InChI=1S/C18H24N4O3/c1-4-21(5-2)15-8-6-14(7-9-15)19-18(24)16-10-11-17(23)22(20-16)12-13-25-3/h6-11H,4-5,12-13H2,1-3H3,(H,19,24). The second kappa shape index (κ2) is 8.98. The second-order valence-electron chi connectivity index (χ2n) is 5.45. The van der Waals surface area contributed by atoms with Gasteiger partial charge in [0.2, 0.25) is 0 Å². The fourth-order valence-corrected chi connectivity index (χ4v) is 2.45. The molecule has 0 spiro atoms. The Kier molecular flexibility index (Phi) is 6.71. The van der Waals surface area contributed by atoms with E-state index >= 15 is 0 Å². The quantitative estimate of drug-likeness (QED) is 0.792. The highest BCUT2D eigenvalue weighted by molar-refractivity contribution is 6.02. The third kappa shape index (κ3) is 4.90. The number of benzene rings is 1. The summed E-state index contributed by atoms with van der Waals surface area (Å²) in [5, 5.41) is 6.88. The maximum Gasteiger partial charge on any atom is 0.276 e. The number of carbonyl (C=O) groups is 1. The van der Waals surface area contributed by atoms with Gasteiger partial charge in [0, 0.05) is 37.6 Å². The van der Waals surface area contributed by atoms with Gasteiger partial charge in [-0.05, 0) is 44.2 Å². The fourth-order valence-electron chi connectivity index (χ4n) is 2.45. The topological polar surface area (TPSA) is 76.5 Å². The number of ether oxygens (including phenoxy) is 1. The minimum Gasteiger partial charge on any atom is -0.383 e. The Morgan fingerprint density at radius 2 is 1.84 bits per heavy atom. The molecule has 1 aromatic carbocycles. The molecule has 0 fully saturated rings. The van der Waals surface area contributed by atoms with Crippen molar-refractivity contribution in [1.29, 1.82) is 0 Å². The first-order valence-corrected chi connectivity index (χ1v) is 8.32. The lowest BCUT2D eigenvalue weighted by atomic mass is 10.2. The van der Waals surface area contributed by atoms with Gasteiger partial charge >= 0.3 is 0 Å². The smallest absolute Gasteiger partial charge is 0.276 e. The average molecular weight is 344 g/mol. The summed E-state index contributed by atoms with van der Waals surface area (Å²) in [7, 11) is 1.55. The van der Waals surface area contributed by atoms with E-state index in [0.29, 0.717) is 18.8 Å². The van der Waals surface area contributed by atoms with E-state index in [1.807, 2.05) is 24.3 Å². The van der Waals surface area contributed by atoms with Crippen molar-refractivity contribution in [2.24, 2.45) is 0 Å². The highest BCUT2D eigenvalue weighted by Crippen LogP contribution is 2.18. The molecular weight excluding hydrogens is 320 g/mol. The molecule has 0 aliphatic rings. The molecule has 1 aromatic heterocycles. The predicted molar refractivity (Wildman–Crippen MR) is 98.3 cm³/mol. The van der Waals surface area contributed by atoms with Crippen LogP contribution in [0.2, 0.25) is 0 Å². The van der Waals surface area contributed by atoms with Gasteiger partial charge in [-0.3, -0.25) is 9.59 Å². The molecule has 0 saturated heterocycles. The van der Waals surface area contributed by atoms with Crippen molar-refractivity contribution in [2.45, 2.75) is 20.4 Å². The molecular formula is C18H24N4O3. The van der Waals surface area contributed by atoms with Crippen LogP contribution in [0.1, 0.15) is 24.3 Å². The first-order valence-electron chi connectivity index (χ1n) is 8.32. The van der Waals surface area contributed by atoms with Crippen LogP contribution in [0.4, 0.5) is 11.4 Å². The Hall–Kier alpha value is -2.67. The molecule has 0 bridgehead atoms. The summed E-state index contributed by atoms with van der Waals surface area (Å²) in [6.45, 7) is 6.71. The molecule has 7 heteroatoms. The fraction of sp³-hybridized carbons (Fsp3) is 0.389. The van der Waals surface area contributed by atoms with Gasteiger partial charge < -0.3 is 15.0 Å². The van der Waals surface area contributed by atoms with Gasteiger partial charge in [0.1, 0.15) is 5.69 Å². The summed E-state index contributed by atoms with van der Waals surface area (Å²) in [4.78, 5) is 26.3. The number of rotatable bonds is 8. The van der Waals surface area contributed by atoms with Gasteiger partial charge in [0.25, 0.3) is 11.5 Å². The van der Waals surface area contributed by atoms with Crippen LogP contribution in [0.5, 0.6) is 0 Å². The minimum atomic E-state index is -0.359. The molecule has 2 rings (SSSR count).